The Kier molecular flexibility index (Phi) is 4.80. The molecule has 1 fully saturated rings. The van der Waals surface area contributed by atoms with Gasteiger partial charge in [0.1, 0.15) is 0 Å². The van der Waals surface area contributed by atoms with Gasteiger partial charge in [0, 0.05) is 42.2 Å². The first-order valence-corrected chi connectivity index (χ1v) is 9.34. The highest BCUT2D eigenvalue weighted by Crippen LogP contribution is 2.33. The monoisotopic (exact) mass is 349 g/mol. The van der Waals surface area contributed by atoms with Crippen LogP contribution in [0.4, 0.5) is 8.78 Å². The SMILES string of the molecule is CC(C)(C)c1ccc(-c2ccc(CN3CCC(F)(F)CC3)s2)cc1. The summed E-state index contributed by atoms with van der Waals surface area (Å²) in [5.74, 6) is -2.47. The molecule has 3 rings (SSSR count). The number of nitrogens with zero attached hydrogens (tertiary/aromatic N) is 1. The molecule has 24 heavy (non-hydrogen) atoms. The molecule has 1 aliphatic rings. The fourth-order valence-electron chi connectivity index (χ4n) is 3.01. The van der Waals surface area contributed by atoms with E-state index >= 15 is 0 Å². The number of likely N-dealkylation sites (tertiary alicyclic amines) is 1. The third-order valence-electron chi connectivity index (χ3n) is 4.66. The second-order valence-electron chi connectivity index (χ2n) is 7.73. The quantitative estimate of drug-likeness (QED) is 0.662. The number of rotatable bonds is 3. The predicted molar refractivity (Wildman–Crippen MR) is 97.9 cm³/mol. The molecule has 1 nitrogen and oxygen atoms in total. The van der Waals surface area contributed by atoms with Crippen molar-refractivity contribution in [1.82, 2.24) is 4.90 Å². The van der Waals surface area contributed by atoms with Crippen LogP contribution in [0.1, 0.15) is 44.1 Å². The molecule has 2 heterocycles. The van der Waals surface area contributed by atoms with Gasteiger partial charge < -0.3 is 0 Å². The van der Waals surface area contributed by atoms with Gasteiger partial charge >= 0.3 is 0 Å². The van der Waals surface area contributed by atoms with E-state index in [0.717, 1.165) is 6.54 Å². The van der Waals surface area contributed by atoms with Crippen molar-refractivity contribution in [3.63, 3.8) is 0 Å². The Morgan fingerprint density at radius 3 is 2.21 bits per heavy atom. The van der Waals surface area contributed by atoms with Crippen LogP contribution in [0.5, 0.6) is 0 Å². The van der Waals surface area contributed by atoms with Crippen molar-refractivity contribution in [2.24, 2.45) is 0 Å². The van der Waals surface area contributed by atoms with E-state index in [4.69, 9.17) is 0 Å². The highest BCUT2D eigenvalue weighted by Gasteiger charge is 2.33. The van der Waals surface area contributed by atoms with E-state index in [1.54, 1.807) is 11.3 Å². The number of halogens is 2. The Bertz CT molecular complexity index is 672. The maximum absolute atomic E-state index is 13.2. The zero-order chi connectivity index (χ0) is 17.4. The van der Waals surface area contributed by atoms with Crippen molar-refractivity contribution >= 4 is 11.3 Å². The van der Waals surface area contributed by atoms with Crippen LogP contribution in [0.3, 0.4) is 0 Å². The molecule has 130 valence electrons. The number of hydrogen-bond donors (Lipinski definition) is 0. The Morgan fingerprint density at radius 2 is 1.62 bits per heavy atom. The van der Waals surface area contributed by atoms with E-state index in [-0.39, 0.29) is 18.3 Å². The number of alkyl halides is 2. The molecule has 0 spiro atoms. The largest absolute Gasteiger partial charge is 0.298 e. The maximum atomic E-state index is 13.2. The Balaban J connectivity index is 1.65. The second-order valence-corrected chi connectivity index (χ2v) is 8.89. The van der Waals surface area contributed by atoms with Gasteiger partial charge in [-0.2, -0.15) is 0 Å². The molecule has 0 aliphatic carbocycles. The Morgan fingerprint density at radius 1 is 1.00 bits per heavy atom. The Hall–Kier alpha value is -1.26. The molecule has 0 atom stereocenters. The second kappa shape index (κ2) is 6.57. The first-order valence-electron chi connectivity index (χ1n) is 8.53. The highest BCUT2D eigenvalue weighted by molar-refractivity contribution is 7.15. The average Bonchev–Trinajstić information content (AvgIpc) is 2.97. The fourth-order valence-corrected chi connectivity index (χ4v) is 4.07. The molecule has 0 radical (unpaired) electrons. The third-order valence-corrected chi connectivity index (χ3v) is 5.78. The Labute approximate surface area is 147 Å². The van der Waals surface area contributed by atoms with Crippen LogP contribution < -0.4 is 0 Å². The normalized spacial score (nSPS) is 18.7. The molecule has 1 aliphatic heterocycles. The highest BCUT2D eigenvalue weighted by atomic mass is 32.1. The van der Waals surface area contributed by atoms with Crippen molar-refractivity contribution < 1.29 is 8.78 Å². The van der Waals surface area contributed by atoms with Gasteiger partial charge in [-0.15, -0.1) is 11.3 Å². The summed E-state index contributed by atoms with van der Waals surface area (Å²) in [6, 6.07) is 13.0. The predicted octanol–water partition coefficient (Wildman–Crippen LogP) is 5.94. The smallest absolute Gasteiger partial charge is 0.250 e. The summed E-state index contributed by atoms with van der Waals surface area (Å²) in [5.41, 5.74) is 2.72. The molecular formula is C20H25F2NS. The van der Waals surface area contributed by atoms with E-state index in [1.165, 1.54) is 20.9 Å². The van der Waals surface area contributed by atoms with E-state index in [0.29, 0.717) is 13.1 Å². The minimum atomic E-state index is -2.47. The fraction of sp³-hybridized carbons (Fsp3) is 0.500. The standard InChI is InChI=1S/C20H25F2NS/c1-19(2,3)16-6-4-15(5-7-16)18-9-8-17(24-18)14-23-12-10-20(21,22)11-13-23/h4-9H,10-14H2,1-3H3. The van der Waals surface area contributed by atoms with Crippen molar-refractivity contribution in [3.8, 4) is 10.4 Å². The lowest BCUT2D eigenvalue weighted by Gasteiger charge is -2.31. The van der Waals surface area contributed by atoms with E-state index in [2.05, 4.69) is 62.1 Å². The lowest BCUT2D eigenvalue weighted by molar-refractivity contribution is -0.0564. The topological polar surface area (TPSA) is 3.24 Å². The minimum absolute atomic E-state index is 0.0144. The number of benzene rings is 1. The lowest BCUT2D eigenvalue weighted by atomic mass is 9.86. The van der Waals surface area contributed by atoms with Crippen LogP contribution >= 0.6 is 11.3 Å². The van der Waals surface area contributed by atoms with Gasteiger partial charge in [-0.1, -0.05) is 45.0 Å². The van der Waals surface area contributed by atoms with E-state index < -0.39 is 5.92 Å². The summed E-state index contributed by atoms with van der Waals surface area (Å²) >= 11 is 1.76. The maximum Gasteiger partial charge on any atom is 0.250 e. The summed E-state index contributed by atoms with van der Waals surface area (Å²) < 4.78 is 26.5. The third kappa shape index (κ3) is 4.22. The summed E-state index contributed by atoms with van der Waals surface area (Å²) in [4.78, 5) is 4.62. The first-order chi connectivity index (χ1) is 11.2. The van der Waals surface area contributed by atoms with Crippen LogP contribution in [0, 0.1) is 0 Å². The van der Waals surface area contributed by atoms with Gasteiger partial charge in [0.25, 0.3) is 5.92 Å². The van der Waals surface area contributed by atoms with Crippen LogP contribution in [0.15, 0.2) is 36.4 Å². The molecule has 1 aromatic heterocycles. The zero-order valence-electron chi connectivity index (χ0n) is 14.6. The van der Waals surface area contributed by atoms with Crippen molar-refractivity contribution in [2.75, 3.05) is 13.1 Å². The number of hydrogen-bond acceptors (Lipinski definition) is 2. The summed E-state index contributed by atoms with van der Waals surface area (Å²) in [7, 11) is 0. The van der Waals surface area contributed by atoms with Crippen molar-refractivity contribution in [3.05, 3.63) is 46.8 Å². The molecule has 2 aromatic rings. The zero-order valence-corrected chi connectivity index (χ0v) is 15.4. The van der Waals surface area contributed by atoms with E-state index in [1.807, 2.05) is 0 Å². The van der Waals surface area contributed by atoms with Crippen LogP contribution in [-0.2, 0) is 12.0 Å². The molecule has 0 unspecified atom stereocenters. The molecule has 0 bridgehead atoms. The molecule has 4 heteroatoms. The molecule has 1 saturated heterocycles. The van der Waals surface area contributed by atoms with Crippen LogP contribution in [-0.4, -0.2) is 23.9 Å². The van der Waals surface area contributed by atoms with Gasteiger partial charge in [0.05, 0.1) is 0 Å². The van der Waals surface area contributed by atoms with Gasteiger partial charge in [0.15, 0.2) is 0 Å². The molecular weight excluding hydrogens is 324 g/mol. The van der Waals surface area contributed by atoms with Gasteiger partial charge in [-0.25, -0.2) is 8.78 Å². The van der Waals surface area contributed by atoms with Crippen LogP contribution in [0.2, 0.25) is 0 Å². The van der Waals surface area contributed by atoms with Gasteiger partial charge in [-0.05, 0) is 28.7 Å². The van der Waals surface area contributed by atoms with Crippen LogP contribution in [0.25, 0.3) is 10.4 Å². The number of piperidine rings is 1. The minimum Gasteiger partial charge on any atom is -0.298 e. The average molecular weight is 349 g/mol. The van der Waals surface area contributed by atoms with Gasteiger partial charge in [0.2, 0.25) is 0 Å². The summed E-state index contributed by atoms with van der Waals surface area (Å²) in [5, 5.41) is 0. The molecule has 0 N–H and O–H groups in total. The summed E-state index contributed by atoms with van der Waals surface area (Å²) in [6.07, 6.45) is -0.0288. The van der Waals surface area contributed by atoms with Gasteiger partial charge in [-0.3, -0.25) is 4.90 Å². The number of thiophene rings is 1. The summed E-state index contributed by atoms with van der Waals surface area (Å²) in [6.45, 7) is 8.40. The molecule has 0 amide bonds. The van der Waals surface area contributed by atoms with Crippen molar-refractivity contribution in [1.29, 1.82) is 0 Å². The molecule has 1 aromatic carbocycles. The van der Waals surface area contributed by atoms with E-state index in [9.17, 15) is 8.78 Å². The van der Waals surface area contributed by atoms with Crippen molar-refractivity contribution in [2.45, 2.75) is 51.5 Å². The molecule has 0 saturated carbocycles. The lowest BCUT2D eigenvalue weighted by Crippen LogP contribution is -2.38. The first kappa shape index (κ1) is 17.6.